The lowest BCUT2D eigenvalue weighted by Gasteiger charge is -2.41. The highest BCUT2D eigenvalue weighted by atomic mass is 35.5. The highest BCUT2D eigenvalue weighted by Gasteiger charge is 2.37. The van der Waals surface area contributed by atoms with Crippen molar-refractivity contribution in [3.63, 3.8) is 0 Å². The highest BCUT2D eigenvalue weighted by Crippen LogP contribution is 2.44. The van der Waals surface area contributed by atoms with E-state index in [1.165, 1.54) is 12.3 Å². The topological polar surface area (TPSA) is 62.7 Å². The number of benzene rings is 2. The van der Waals surface area contributed by atoms with Gasteiger partial charge in [0.2, 0.25) is 0 Å². The summed E-state index contributed by atoms with van der Waals surface area (Å²) in [6.45, 7) is 2.32. The first-order chi connectivity index (χ1) is 17.8. The number of aromatic nitrogens is 1. The first-order valence-electron chi connectivity index (χ1n) is 12.7. The van der Waals surface area contributed by atoms with Gasteiger partial charge < -0.3 is 14.7 Å². The lowest BCUT2D eigenvalue weighted by atomic mass is 9.71. The molecule has 0 spiro atoms. The van der Waals surface area contributed by atoms with Crippen LogP contribution in [0.25, 0.3) is 10.9 Å². The predicted octanol–water partition coefficient (Wildman–Crippen LogP) is 7.02. The summed E-state index contributed by atoms with van der Waals surface area (Å²) in [6, 6.07) is 12.1. The molecule has 37 heavy (non-hydrogen) atoms. The summed E-state index contributed by atoms with van der Waals surface area (Å²) in [5.41, 5.74) is 1.26. The Labute approximate surface area is 221 Å². The Balaban J connectivity index is 1.39. The maximum atomic E-state index is 15.7. The molecule has 198 valence electrons. The van der Waals surface area contributed by atoms with E-state index in [0.717, 1.165) is 26.1 Å². The number of fused-ring (bicyclic) bond motifs is 1. The van der Waals surface area contributed by atoms with Crippen LogP contribution in [-0.2, 0) is 11.2 Å². The second kappa shape index (κ2) is 12.2. The molecule has 1 aliphatic heterocycles. The number of carbonyl (C=O) groups is 1. The summed E-state index contributed by atoms with van der Waals surface area (Å²) in [6.07, 6.45) is 3.62. The number of hydrogen-bond donors (Lipinski definition) is 1. The van der Waals surface area contributed by atoms with Gasteiger partial charge in [-0.15, -0.1) is 0 Å². The van der Waals surface area contributed by atoms with Gasteiger partial charge in [0.15, 0.2) is 0 Å². The van der Waals surface area contributed by atoms with Crippen LogP contribution in [0.1, 0.15) is 55.8 Å². The molecule has 1 fully saturated rings. The zero-order valence-electron chi connectivity index (χ0n) is 21.1. The summed E-state index contributed by atoms with van der Waals surface area (Å²) < 4.78 is 34.9. The molecule has 1 N–H and O–H groups in total. The van der Waals surface area contributed by atoms with Crippen molar-refractivity contribution in [1.82, 2.24) is 9.88 Å². The van der Waals surface area contributed by atoms with Crippen molar-refractivity contribution < 1.29 is 23.4 Å². The zero-order valence-corrected chi connectivity index (χ0v) is 21.8. The summed E-state index contributed by atoms with van der Waals surface area (Å²) in [5, 5.41) is 10.5. The fourth-order valence-electron chi connectivity index (χ4n) is 5.47. The fraction of sp³-hybridized carbons (Fsp3) is 0.448. The molecule has 1 aromatic heterocycles. The van der Waals surface area contributed by atoms with Crippen molar-refractivity contribution in [3.05, 3.63) is 70.6 Å². The maximum absolute atomic E-state index is 15.7. The van der Waals surface area contributed by atoms with Crippen LogP contribution >= 0.6 is 11.6 Å². The van der Waals surface area contributed by atoms with Gasteiger partial charge in [-0.2, -0.15) is 0 Å². The zero-order chi connectivity index (χ0) is 26.4. The number of carboxylic acid groups (broad SMARTS) is 1. The van der Waals surface area contributed by atoms with Crippen LogP contribution in [0.5, 0.6) is 5.75 Å². The lowest BCUT2D eigenvalue weighted by molar-refractivity contribution is -0.141. The van der Waals surface area contributed by atoms with E-state index >= 15 is 4.39 Å². The Morgan fingerprint density at radius 2 is 2.00 bits per heavy atom. The van der Waals surface area contributed by atoms with Crippen LogP contribution in [0.4, 0.5) is 8.78 Å². The molecule has 5 nitrogen and oxygen atoms in total. The molecule has 0 radical (unpaired) electrons. The molecular formula is C29H33ClF2N2O3. The van der Waals surface area contributed by atoms with Crippen molar-refractivity contribution in [1.29, 1.82) is 0 Å². The predicted molar refractivity (Wildman–Crippen MR) is 141 cm³/mol. The van der Waals surface area contributed by atoms with Crippen molar-refractivity contribution in [3.8, 4) is 5.75 Å². The number of likely N-dealkylation sites (tertiary alicyclic amines) is 1. The normalized spacial score (nSPS) is 16.5. The van der Waals surface area contributed by atoms with E-state index in [2.05, 4.69) is 9.88 Å². The molecule has 3 aromatic rings. The van der Waals surface area contributed by atoms with Gasteiger partial charge in [0.25, 0.3) is 0 Å². The third-order valence-electron chi connectivity index (χ3n) is 7.63. The molecule has 2 aromatic carbocycles. The SMILES string of the molecule is COc1ccc2ncc(Cl)c([C@@H](F)CCC3(CC(=O)O)CCN(CCCc4ccccc4F)CC3)c2c1. The van der Waals surface area contributed by atoms with E-state index < -0.39 is 17.6 Å². The van der Waals surface area contributed by atoms with Gasteiger partial charge in [0.05, 0.1) is 24.1 Å². The average Bonchev–Trinajstić information content (AvgIpc) is 2.89. The monoisotopic (exact) mass is 530 g/mol. The number of carboxylic acids is 1. The largest absolute Gasteiger partial charge is 0.497 e. The van der Waals surface area contributed by atoms with Gasteiger partial charge in [-0.05, 0) is 93.4 Å². The molecule has 0 unspecified atom stereocenters. The highest BCUT2D eigenvalue weighted by molar-refractivity contribution is 6.32. The number of hydrogen-bond acceptors (Lipinski definition) is 4. The molecule has 4 rings (SSSR count). The summed E-state index contributed by atoms with van der Waals surface area (Å²) in [5.74, 6) is -0.446. The van der Waals surface area contributed by atoms with E-state index in [1.54, 1.807) is 31.4 Å². The number of halogens is 3. The van der Waals surface area contributed by atoms with E-state index in [4.69, 9.17) is 16.3 Å². The molecule has 2 heterocycles. The van der Waals surface area contributed by atoms with E-state index in [0.29, 0.717) is 53.5 Å². The standard InChI is InChI=1S/C29H33ClF2N2O3/c1-37-21-8-9-26-22(17-21)28(23(30)19-33-26)25(32)10-11-29(18-27(35)36)12-15-34(16-13-29)14-4-6-20-5-2-3-7-24(20)31/h2-3,5,7-9,17,19,25H,4,6,10-16,18H2,1H3,(H,35,36)/t25-/m0/s1. The summed E-state index contributed by atoms with van der Waals surface area (Å²) >= 11 is 6.39. The smallest absolute Gasteiger partial charge is 0.303 e. The Bertz CT molecular complexity index is 1230. The van der Waals surface area contributed by atoms with Crippen molar-refractivity contribution in [2.45, 2.75) is 51.1 Å². The van der Waals surface area contributed by atoms with Crippen molar-refractivity contribution in [2.75, 3.05) is 26.7 Å². The van der Waals surface area contributed by atoms with Crippen molar-refractivity contribution >= 4 is 28.5 Å². The van der Waals surface area contributed by atoms with Crippen LogP contribution in [0.2, 0.25) is 5.02 Å². The van der Waals surface area contributed by atoms with E-state index in [9.17, 15) is 14.3 Å². The minimum atomic E-state index is -1.35. The van der Waals surface area contributed by atoms with Crippen LogP contribution in [0.15, 0.2) is 48.7 Å². The van der Waals surface area contributed by atoms with Gasteiger partial charge >= 0.3 is 5.97 Å². The Hall–Kier alpha value is -2.77. The number of ether oxygens (including phenoxy) is 1. The molecule has 0 saturated carbocycles. The number of piperidine rings is 1. The van der Waals surface area contributed by atoms with E-state index in [1.807, 2.05) is 12.1 Å². The van der Waals surface area contributed by atoms with Crippen LogP contribution in [-0.4, -0.2) is 47.7 Å². The molecule has 0 aliphatic carbocycles. The van der Waals surface area contributed by atoms with E-state index in [-0.39, 0.29) is 23.7 Å². The number of methoxy groups -OCH3 is 1. The lowest BCUT2D eigenvalue weighted by Crippen LogP contribution is -2.41. The van der Waals surface area contributed by atoms with Gasteiger partial charge in [-0.1, -0.05) is 29.8 Å². The fourth-order valence-corrected chi connectivity index (χ4v) is 5.74. The van der Waals surface area contributed by atoms with Gasteiger partial charge in [-0.25, -0.2) is 8.78 Å². The van der Waals surface area contributed by atoms with Gasteiger partial charge in [0, 0.05) is 17.1 Å². The number of aryl methyl sites for hydroxylation is 1. The second-order valence-corrected chi connectivity index (χ2v) is 10.4. The first-order valence-corrected chi connectivity index (χ1v) is 13.1. The minimum absolute atomic E-state index is 0.0153. The van der Waals surface area contributed by atoms with Crippen LogP contribution in [0.3, 0.4) is 0 Å². The number of rotatable bonds is 11. The second-order valence-electron chi connectivity index (χ2n) is 10.0. The minimum Gasteiger partial charge on any atom is -0.497 e. The van der Waals surface area contributed by atoms with Crippen molar-refractivity contribution in [2.24, 2.45) is 5.41 Å². The van der Waals surface area contributed by atoms with Crippen LogP contribution in [0, 0.1) is 11.2 Å². The molecule has 1 atom stereocenters. The summed E-state index contributed by atoms with van der Waals surface area (Å²) in [4.78, 5) is 18.3. The third kappa shape index (κ3) is 6.76. The van der Waals surface area contributed by atoms with Crippen LogP contribution < -0.4 is 4.74 Å². The Morgan fingerprint density at radius 3 is 2.70 bits per heavy atom. The Kier molecular flexibility index (Phi) is 8.98. The average molecular weight is 531 g/mol. The molecule has 1 saturated heterocycles. The third-order valence-corrected chi connectivity index (χ3v) is 7.93. The molecule has 0 bridgehead atoms. The first kappa shape index (κ1) is 27.3. The number of pyridine rings is 1. The molecule has 1 aliphatic rings. The molecular weight excluding hydrogens is 498 g/mol. The maximum Gasteiger partial charge on any atom is 0.303 e. The van der Waals surface area contributed by atoms with Gasteiger partial charge in [-0.3, -0.25) is 9.78 Å². The van der Waals surface area contributed by atoms with Gasteiger partial charge in [0.1, 0.15) is 17.7 Å². The molecule has 0 amide bonds. The summed E-state index contributed by atoms with van der Waals surface area (Å²) in [7, 11) is 1.55. The Morgan fingerprint density at radius 1 is 1.24 bits per heavy atom. The number of nitrogens with zero attached hydrogens (tertiary/aromatic N) is 2. The quantitative estimate of drug-likeness (QED) is 0.289. The number of aliphatic carboxylic acids is 1. The number of alkyl halides is 1. The molecule has 8 heteroatoms.